The van der Waals surface area contributed by atoms with Gasteiger partial charge in [-0.15, -0.1) is 10.2 Å². The van der Waals surface area contributed by atoms with Crippen molar-refractivity contribution in [3.63, 3.8) is 0 Å². The molecule has 1 aromatic carbocycles. The van der Waals surface area contributed by atoms with Crippen molar-refractivity contribution in [2.24, 2.45) is 0 Å². The van der Waals surface area contributed by atoms with Gasteiger partial charge in [0.25, 0.3) is 5.89 Å². The molecule has 1 saturated heterocycles. The fourth-order valence-electron chi connectivity index (χ4n) is 3.62. The van der Waals surface area contributed by atoms with Crippen molar-refractivity contribution in [1.82, 2.24) is 20.4 Å². The van der Waals surface area contributed by atoms with Crippen LogP contribution in [0.3, 0.4) is 0 Å². The first-order chi connectivity index (χ1) is 13.2. The second-order valence-corrected chi connectivity index (χ2v) is 7.95. The fourth-order valence-corrected chi connectivity index (χ4v) is 3.62. The Kier molecular flexibility index (Phi) is 6.20. The molecule has 1 aromatic heterocycles. The zero-order chi connectivity index (χ0) is 20.3. The van der Waals surface area contributed by atoms with Crippen LogP contribution < -0.4 is 5.32 Å². The van der Waals surface area contributed by atoms with Crippen LogP contribution in [-0.2, 0) is 6.42 Å². The number of benzene rings is 1. The van der Waals surface area contributed by atoms with E-state index in [1.54, 1.807) is 19.1 Å². The second-order valence-electron chi connectivity index (χ2n) is 7.95. The SMILES string of the molecule is Cc1nnc(C(=O)C2C[C@H](F)CN2CCNC(C)(C)Cc2ccc(F)cc2)o1. The van der Waals surface area contributed by atoms with Crippen molar-refractivity contribution in [3.8, 4) is 0 Å². The molecule has 8 heteroatoms. The largest absolute Gasteiger partial charge is 0.419 e. The van der Waals surface area contributed by atoms with Crippen molar-refractivity contribution in [1.29, 1.82) is 0 Å². The molecule has 1 fully saturated rings. The molecule has 1 aliphatic rings. The number of Topliss-reactive ketones (excluding diaryl/α,β-unsaturated/α-hetero) is 1. The Morgan fingerprint density at radius 1 is 1.32 bits per heavy atom. The first-order valence-corrected chi connectivity index (χ1v) is 9.45. The third kappa shape index (κ3) is 5.20. The zero-order valence-corrected chi connectivity index (χ0v) is 16.4. The zero-order valence-electron chi connectivity index (χ0n) is 16.4. The lowest BCUT2D eigenvalue weighted by molar-refractivity contribution is 0.0830. The Labute approximate surface area is 163 Å². The van der Waals surface area contributed by atoms with Gasteiger partial charge in [0.05, 0.1) is 6.04 Å². The van der Waals surface area contributed by atoms with Gasteiger partial charge >= 0.3 is 0 Å². The molecule has 0 spiro atoms. The Morgan fingerprint density at radius 3 is 2.68 bits per heavy atom. The van der Waals surface area contributed by atoms with Crippen LogP contribution >= 0.6 is 0 Å². The van der Waals surface area contributed by atoms with Gasteiger partial charge in [0, 0.05) is 38.5 Å². The number of aryl methyl sites for hydroxylation is 1. The van der Waals surface area contributed by atoms with Crippen LogP contribution in [0.2, 0.25) is 0 Å². The highest BCUT2D eigenvalue weighted by molar-refractivity contribution is 5.96. The normalized spacial score (nSPS) is 20.6. The van der Waals surface area contributed by atoms with Crippen LogP contribution in [0.15, 0.2) is 28.7 Å². The molecule has 1 unspecified atom stereocenters. The van der Waals surface area contributed by atoms with Crippen LogP contribution in [0.1, 0.15) is 42.4 Å². The van der Waals surface area contributed by atoms with E-state index >= 15 is 0 Å². The number of ketones is 1. The predicted molar refractivity (Wildman–Crippen MR) is 100 cm³/mol. The Bertz CT molecular complexity index is 807. The molecule has 6 nitrogen and oxygen atoms in total. The van der Waals surface area contributed by atoms with Gasteiger partial charge in [-0.3, -0.25) is 9.69 Å². The number of hydrogen-bond donors (Lipinski definition) is 1. The molecule has 1 aliphatic heterocycles. The third-order valence-corrected chi connectivity index (χ3v) is 4.95. The number of nitrogens with one attached hydrogen (secondary N) is 1. The summed E-state index contributed by atoms with van der Waals surface area (Å²) in [6.45, 7) is 7.06. The van der Waals surface area contributed by atoms with Gasteiger partial charge in [-0.25, -0.2) is 8.78 Å². The number of rotatable bonds is 8. The smallest absolute Gasteiger partial charge is 0.285 e. The van der Waals surface area contributed by atoms with Gasteiger partial charge < -0.3 is 9.73 Å². The lowest BCUT2D eigenvalue weighted by Crippen LogP contribution is -2.47. The highest BCUT2D eigenvalue weighted by Gasteiger charge is 2.39. The number of halogens is 2. The molecular formula is C20H26F2N4O2. The molecule has 2 atom stereocenters. The number of likely N-dealkylation sites (tertiary alicyclic amines) is 1. The van der Waals surface area contributed by atoms with E-state index in [-0.39, 0.29) is 36.0 Å². The maximum absolute atomic E-state index is 14.0. The molecule has 0 aliphatic carbocycles. The summed E-state index contributed by atoms with van der Waals surface area (Å²) >= 11 is 0. The highest BCUT2D eigenvalue weighted by atomic mass is 19.1. The number of aromatic nitrogens is 2. The topological polar surface area (TPSA) is 71.3 Å². The molecule has 2 aromatic rings. The minimum atomic E-state index is -1.05. The summed E-state index contributed by atoms with van der Waals surface area (Å²) in [6, 6.07) is 5.86. The molecule has 0 saturated carbocycles. The van der Waals surface area contributed by atoms with Crippen molar-refractivity contribution < 1.29 is 18.0 Å². The summed E-state index contributed by atoms with van der Waals surface area (Å²) in [4.78, 5) is 14.4. The average Bonchev–Trinajstić information content (AvgIpc) is 3.22. The molecular weight excluding hydrogens is 366 g/mol. The first kappa shape index (κ1) is 20.5. The summed E-state index contributed by atoms with van der Waals surface area (Å²) in [5.74, 6) is -0.331. The summed E-state index contributed by atoms with van der Waals surface area (Å²) in [5.41, 5.74) is 0.805. The van der Waals surface area contributed by atoms with Crippen molar-refractivity contribution in [2.45, 2.75) is 51.4 Å². The summed E-state index contributed by atoms with van der Waals surface area (Å²) in [6.07, 6.45) is -0.188. The van der Waals surface area contributed by atoms with Gasteiger partial charge in [0.15, 0.2) is 0 Å². The summed E-state index contributed by atoms with van der Waals surface area (Å²) in [7, 11) is 0. The van der Waals surface area contributed by atoms with Gasteiger partial charge in [-0.05, 0) is 38.0 Å². The van der Waals surface area contributed by atoms with E-state index < -0.39 is 12.2 Å². The van der Waals surface area contributed by atoms with E-state index in [2.05, 4.69) is 29.4 Å². The van der Waals surface area contributed by atoms with Crippen molar-refractivity contribution in [2.75, 3.05) is 19.6 Å². The lowest BCUT2D eigenvalue weighted by atomic mass is 9.95. The Hall–Kier alpha value is -2.19. The maximum Gasteiger partial charge on any atom is 0.285 e. The van der Waals surface area contributed by atoms with E-state index in [9.17, 15) is 13.6 Å². The standard InChI is InChI=1S/C20H26F2N4O2/c1-13-24-25-19(28-13)18(27)17-10-16(22)12-26(17)9-8-23-20(2,3)11-14-4-6-15(21)7-5-14/h4-7,16-17,23H,8-12H2,1-3H3/t16-,17?/m0/s1. The minimum absolute atomic E-state index is 0.0637. The molecule has 0 bridgehead atoms. The molecule has 0 radical (unpaired) electrons. The summed E-state index contributed by atoms with van der Waals surface area (Å²) in [5, 5.41) is 10.9. The van der Waals surface area contributed by atoms with Gasteiger partial charge in [0.1, 0.15) is 12.0 Å². The van der Waals surface area contributed by atoms with Crippen molar-refractivity contribution >= 4 is 5.78 Å². The van der Waals surface area contributed by atoms with Crippen LogP contribution in [0.5, 0.6) is 0 Å². The molecule has 2 heterocycles. The molecule has 28 heavy (non-hydrogen) atoms. The van der Waals surface area contributed by atoms with E-state index in [0.29, 0.717) is 19.0 Å². The van der Waals surface area contributed by atoms with Gasteiger partial charge in [-0.1, -0.05) is 12.1 Å². The molecule has 1 N–H and O–H groups in total. The number of carbonyl (C=O) groups excluding carboxylic acids is 1. The number of nitrogens with zero attached hydrogens (tertiary/aromatic N) is 3. The molecule has 3 rings (SSSR count). The Balaban J connectivity index is 1.54. The van der Waals surface area contributed by atoms with Crippen LogP contribution in [0.4, 0.5) is 8.78 Å². The van der Waals surface area contributed by atoms with Crippen LogP contribution in [0, 0.1) is 12.7 Å². The number of hydrogen-bond acceptors (Lipinski definition) is 6. The van der Waals surface area contributed by atoms with Crippen LogP contribution in [0.25, 0.3) is 0 Å². The number of carbonyl (C=O) groups is 1. The third-order valence-electron chi connectivity index (χ3n) is 4.95. The first-order valence-electron chi connectivity index (χ1n) is 9.45. The Morgan fingerprint density at radius 2 is 2.04 bits per heavy atom. The predicted octanol–water partition coefficient (Wildman–Crippen LogP) is 2.72. The van der Waals surface area contributed by atoms with Crippen LogP contribution in [-0.4, -0.2) is 58.3 Å². The van der Waals surface area contributed by atoms with E-state index in [0.717, 1.165) is 12.0 Å². The van der Waals surface area contributed by atoms with E-state index in [4.69, 9.17) is 4.42 Å². The average molecular weight is 392 g/mol. The monoisotopic (exact) mass is 392 g/mol. The molecule has 0 amide bonds. The highest BCUT2D eigenvalue weighted by Crippen LogP contribution is 2.23. The van der Waals surface area contributed by atoms with Gasteiger partial charge in [0.2, 0.25) is 11.7 Å². The second kappa shape index (κ2) is 8.45. The fraction of sp³-hybridized carbons (Fsp3) is 0.550. The molecule has 152 valence electrons. The lowest BCUT2D eigenvalue weighted by Gasteiger charge is -2.29. The quantitative estimate of drug-likeness (QED) is 0.697. The van der Waals surface area contributed by atoms with Crippen molar-refractivity contribution in [3.05, 3.63) is 47.4 Å². The number of alkyl halides is 1. The van der Waals surface area contributed by atoms with E-state index in [1.807, 2.05) is 4.90 Å². The minimum Gasteiger partial charge on any atom is -0.419 e. The summed E-state index contributed by atoms with van der Waals surface area (Å²) < 4.78 is 32.2. The maximum atomic E-state index is 14.0. The van der Waals surface area contributed by atoms with Gasteiger partial charge in [-0.2, -0.15) is 0 Å². The van der Waals surface area contributed by atoms with E-state index in [1.165, 1.54) is 12.1 Å².